The van der Waals surface area contributed by atoms with Crippen LogP contribution in [0.15, 0.2) is 103 Å². The van der Waals surface area contributed by atoms with Crippen molar-refractivity contribution >= 4 is 0 Å². The van der Waals surface area contributed by atoms with Gasteiger partial charge in [-0.2, -0.15) is 0 Å². The molecule has 2 heteroatoms. The fraction of sp³-hybridized carbons (Fsp3) is 0.200. The highest BCUT2D eigenvalue weighted by Crippen LogP contribution is 2.34. The summed E-state index contributed by atoms with van der Waals surface area (Å²) in [4.78, 5) is 0. The Kier molecular flexibility index (Phi) is 7.24. The summed E-state index contributed by atoms with van der Waals surface area (Å²) in [6.07, 6.45) is 3.30. The average molecular weight is 423 g/mol. The van der Waals surface area contributed by atoms with E-state index in [4.69, 9.17) is 4.74 Å². The molecule has 0 bridgehead atoms. The maximum absolute atomic E-state index is 10.8. The van der Waals surface area contributed by atoms with Crippen LogP contribution in [0.5, 0.6) is 11.5 Å². The minimum atomic E-state index is -0.0711. The quantitative estimate of drug-likeness (QED) is 0.312. The molecule has 0 saturated carbocycles. The van der Waals surface area contributed by atoms with Crippen LogP contribution in [-0.4, -0.2) is 5.11 Å². The predicted molar refractivity (Wildman–Crippen MR) is 131 cm³/mol. The van der Waals surface area contributed by atoms with Gasteiger partial charge in [0.2, 0.25) is 0 Å². The van der Waals surface area contributed by atoms with Crippen LogP contribution in [0.3, 0.4) is 0 Å². The average Bonchev–Trinajstić information content (AvgIpc) is 2.85. The summed E-state index contributed by atoms with van der Waals surface area (Å²) in [5.74, 6) is 1.21. The molecule has 32 heavy (non-hydrogen) atoms. The van der Waals surface area contributed by atoms with Crippen LogP contribution in [-0.2, 0) is 25.7 Å². The fourth-order valence-corrected chi connectivity index (χ4v) is 4.13. The molecule has 1 unspecified atom stereocenters. The zero-order valence-electron chi connectivity index (χ0n) is 18.6. The molecule has 1 atom stereocenters. The summed E-state index contributed by atoms with van der Waals surface area (Å²) in [5, 5.41) is 10.8. The summed E-state index contributed by atoms with van der Waals surface area (Å²) in [7, 11) is 0. The van der Waals surface area contributed by atoms with Crippen molar-refractivity contribution in [3.05, 3.63) is 131 Å². The smallest absolute Gasteiger partial charge is 0.123 e. The van der Waals surface area contributed by atoms with Gasteiger partial charge in [0.1, 0.15) is 17.6 Å². The van der Waals surface area contributed by atoms with Crippen molar-refractivity contribution in [3.63, 3.8) is 0 Å². The lowest BCUT2D eigenvalue weighted by atomic mass is 9.93. The maximum Gasteiger partial charge on any atom is 0.123 e. The van der Waals surface area contributed by atoms with Gasteiger partial charge in [0, 0.05) is 11.1 Å². The molecule has 0 amide bonds. The molecule has 1 N–H and O–H groups in total. The lowest BCUT2D eigenvalue weighted by molar-refractivity contribution is 0.224. The minimum Gasteiger partial charge on any atom is -0.508 e. The molecular weight excluding hydrogens is 392 g/mol. The molecule has 0 heterocycles. The number of phenolic OH excluding ortho intramolecular Hbond substituents is 1. The summed E-state index contributed by atoms with van der Waals surface area (Å²) < 4.78 is 6.46. The maximum atomic E-state index is 10.8. The molecule has 0 spiro atoms. The number of hydrogen-bond acceptors (Lipinski definition) is 2. The van der Waals surface area contributed by atoms with Crippen molar-refractivity contribution in [2.75, 3.05) is 0 Å². The standard InChI is InChI=1S/C30H30O2/c1-23(26-15-9-4-10-16-26)32-30-22-21-29(31)27(19-17-24-11-5-2-6-12-24)28(30)20-18-25-13-7-3-8-14-25/h2-16,21-23,31H,17-20H2,1H3. The van der Waals surface area contributed by atoms with Crippen molar-refractivity contribution < 1.29 is 9.84 Å². The minimum absolute atomic E-state index is 0.0711. The molecule has 162 valence electrons. The highest BCUT2D eigenvalue weighted by molar-refractivity contribution is 5.49. The van der Waals surface area contributed by atoms with E-state index in [1.54, 1.807) is 6.07 Å². The Morgan fingerprint density at radius 1 is 0.594 bits per heavy atom. The van der Waals surface area contributed by atoms with E-state index in [9.17, 15) is 5.11 Å². The fourth-order valence-electron chi connectivity index (χ4n) is 4.13. The van der Waals surface area contributed by atoms with Gasteiger partial charge < -0.3 is 9.84 Å². The van der Waals surface area contributed by atoms with E-state index in [0.717, 1.165) is 48.1 Å². The number of rotatable bonds is 9. The highest BCUT2D eigenvalue weighted by atomic mass is 16.5. The van der Waals surface area contributed by atoms with Gasteiger partial charge in [-0.3, -0.25) is 0 Å². The second-order valence-corrected chi connectivity index (χ2v) is 8.18. The zero-order chi connectivity index (χ0) is 22.2. The van der Waals surface area contributed by atoms with E-state index in [2.05, 4.69) is 67.6 Å². The molecule has 0 aliphatic heterocycles. The van der Waals surface area contributed by atoms with Gasteiger partial charge in [-0.05, 0) is 61.4 Å². The Bertz CT molecular complexity index is 1110. The van der Waals surface area contributed by atoms with Gasteiger partial charge >= 0.3 is 0 Å². The van der Waals surface area contributed by atoms with E-state index in [1.807, 2.05) is 36.4 Å². The first-order chi connectivity index (χ1) is 15.7. The van der Waals surface area contributed by atoms with Gasteiger partial charge in [0.15, 0.2) is 0 Å². The zero-order valence-corrected chi connectivity index (χ0v) is 18.6. The molecule has 0 saturated heterocycles. The van der Waals surface area contributed by atoms with Crippen LogP contribution in [0.4, 0.5) is 0 Å². The molecule has 2 nitrogen and oxygen atoms in total. The highest BCUT2D eigenvalue weighted by Gasteiger charge is 2.17. The van der Waals surface area contributed by atoms with Crippen molar-refractivity contribution in [1.82, 2.24) is 0 Å². The number of ether oxygens (including phenoxy) is 1. The molecule has 4 aromatic carbocycles. The molecule has 0 aliphatic carbocycles. The second kappa shape index (κ2) is 10.7. The van der Waals surface area contributed by atoms with Crippen LogP contribution in [0.1, 0.15) is 40.8 Å². The van der Waals surface area contributed by atoms with Crippen LogP contribution < -0.4 is 4.74 Å². The largest absolute Gasteiger partial charge is 0.508 e. The molecule has 4 rings (SSSR count). The third-order valence-electron chi connectivity index (χ3n) is 5.95. The second-order valence-electron chi connectivity index (χ2n) is 8.18. The Hall–Kier alpha value is -3.52. The van der Waals surface area contributed by atoms with E-state index in [0.29, 0.717) is 5.75 Å². The van der Waals surface area contributed by atoms with Crippen molar-refractivity contribution in [2.24, 2.45) is 0 Å². The van der Waals surface area contributed by atoms with Crippen LogP contribution in [0.2, 0.25) is 0 Å². The van der Waals surface area contributed by atoms with Crippen molar-refractivity contribution in [3.8, 4) is 11.5 Å². The normalized spacial score (nSPS) is 11.8. The van der Waals surface area contributed by atoms with E-state index in [-0.39, 0.29) is 6.10 Å². The van der Waals surface area contributed by atoms with E-state index < -0.39 is 0 Å². The van der Waals surface area contributed by atoms with Crippen LogP contribution in [0, 0.1) is 0 Å². The van der Waals surface area contributed by atoms with E-state index >= 15 is 0 Å². The van der Waals surface area contributed by atoms with Gasteiger partial charge in [0.25, 0.3) is 0 Å². The predicted octanol–water partition coefficient (Wildman–Crippen LogP) is 7.10. The number of benzene rings is 4. The topological polar surface area (TPSA) is 29.5 Å². The van der Waals surface area contributed by atoms with Crippen LogP contribution >= 0.6 is 0 Å². The summed E-state index contributed by atoms with van der Waals surface area (Å²) in [6, 6.07) is 34.9. The molecular formula is C30H30O2. The van der Waals surface area contributed by atoms with Gasteiger partial charge in [-0.15, -0.1) is 0 Å². The van der Waals surface area contributed by atoms with Gasteiger partial charge in [-0.1, -0.05) is 91.0 Å². The number of hydrogen-bond donors (Lipinski definition) is 1. The third kappa shape index (κ3) is 5.59. The Labute approximate surface area is 191 Å². The molecule has 4 aromatic rings. The first-order valence-electron chi connectivity index (χ1n) is 11.3. The lowest BCUT2D eigenvalue weighted by Gasteiger charge is -2.21. The van der Waals surface area contributed by atoms with Crippen molar-refractivity contribution in [2.45, 2.75) is 38.7 Å². The summed E-state index contributed by atoms with van der Waals surface area (Å²) >= 11 is 0. The number of aromatic hydroxyl groups is 1. The summed E-state index contributed by atoms with van der Waals surface area (Å²) in [6.45, 7) is 2.08. The van der Waals surface area contributed by atoms with Gasteiger partial charge in [0.05, 0.1) is 0 Å². The molecule has 0 radical (unpaired) electrons. The SMILES string of the molecule is CC(Oc1ccc(O)c(CCc2ccccc2)c1CCc1ccccc1)c1ccccc1. The number of aryl methyl sites for hydroxylation is 2. The third-order valence-corrected chi connectivity index (χ3v) is 5.95. The Morgan fingerprint density at radius 2 is 1.09 bits per heavy atom. The molecule has 0 aliphatic rings. The number of phenols is 1. The summed E-state index contributed by atoms with van der Waals surface area (Å²) in [5.41, 5.74) is 5.78. The van der Waals surface area contributed by atoms with Gasteiger partial charge in [-0.25, -0.2) is 0 Å². The first-order valence-corrected chi connectivity index (χ1v) is 11.3. The first kappa shape index (κ1) is 21.7. The van der Waals surface area contributed by atoms with Crippen LogP contribution in [0.25, 0.3) is 0 Å². The molecule has 0 aromatic heterocycles. The monoisotopic (exact) mass is 422 g/mol. The van der Waals surface area contributed by atoms with E-state index in [1.165, 1.54) is 11.1 Å². The van der Waals surface area contributed by atoms with Crippen molar-refractivity contribution in [1.29, 1.82) is 0 Å². The lowest BCUT2D eigenvalue weighted by Crippen LogP contribution is -2.08. The molecule has 0 fully saturated rings. The Balaban J connectivity index is 1.62. The Morgan fingerprint density at radius 3 is 1.66 bits per heavy atom.